The summed E-state index contributed by atoms with van der Waals surface area (Å²) < 4.78 is 26.9. The number of benzene rings is 2. The lowest BCUT2D eigenvalue weighted by Gasteiger charge is -2.09. The van der Waals surface area contributed by atoms with E-state index in [1.807, 2.05) is 30.3 Å². The second kappa shape index (κ2) is 10.5. The van der Waals surface area contributed by atoms with Crippen LogP contribution < -0.4 is 20.9 Å². The molecule has 1 aromatic heterocycles. The number of amides is 3. The second-order valence-corrected chi connectivity index (χ2v) is 8.66. The molecule has 0 aliphatic heterocycles. The van der Waals surface area contributed by atoms with Crippen molar-refractivity contribution in [1.29, 1.82) is 0 Å². The van der Waals surface area contributed by atoms with Crippen molar-refractivity contribution in [2.45, 2.75) is 18.2 Å². The molecule has 33 heavy (non-hydrogen) atoms. The Hall–Kier alpha value is -4.03. The highest BCUT2D eigenvalue weighted by Crippen LogP contribution is 2.16. The van der Waals surface area contributed by atoms with Gasteiger partial charge in [-0.1, -0.05) is 30.3 Å². The molecule has 0 unspecified atom stereocenters. The molecule has 0 bridgehead atoms. The van der Waals surface area contributed by atoms with Gasteiger partial charge in [-0.3, -0.25) is 30.3 Å². The van der Waals surface area contributed by atoms with Crippen LogP contribution in [0.5, 0.6) is 0 Å². The number of nitrogens with one attached hydrogen (secondary N) is 5. The first-order chi connectivity index (χ1) is 15.7. The lowest BCUT2D eigenvalue weighted by molar-refractivity contribution is -0.121. The Kier molecular flexibility index (Phi) is 7.53. The Labute approximate surface area is 190 Å². The van der Waals surface area contributed by atoms with E-state index in [4.69, 9.17) is 0 Å². The smallest absolute Gasteiger partial charge is 0.287 e. The molecule has 0 saturated heterocycles. The molecule has 12 heteroatoms. The summed E-state index contributed by atoms with van der Waals surface area (Å²) in [4.78, 5) is 35.1. The second-order valence-electron chi connectivity index (χ2n) is 6.89. The summed E-state index contributed by atoms with van der Waals surface area (Å²) in [7, 11) is -3.84. The average Bonchev–Trinajstić information content (AvgIpc) is 3.28. The van der Waals surface area contributed by atoms with Gasteiger partial charge in [0.25, 0.3) is 5.91 Å². The van der Waals surface area contributed by atoms with Crippen LogP contribution in [0.1, 0.15) is 23.8 Å². The minimum Gasteiger partial charge on any atom is -0.326 e. The third-order valence-electron chi connectivity index (χ3n) is 4.34. The molecule has 0 aliphatic rings. The molecular weight excluding hydrogens is 448 g/mol. The quantitative estimate of drug-likeness (QED) is 0.310. The number of nitrogens with zero attached hydrogens (tertiary/aromatic N) is 1. The fraction of sp³-hybridized carbons (Fsp3) is 0.143. The summed E-state index contributed by atoms with van der Waals surface area (Å²) in [5, 5.41) is 9.20. The highest BCUT2D eigenvalue weighted by molar-refractivity contribution is 7.89. The molecule has 3 rings (SSSR count). The number of aromatic amines is 1. The molecule has 0 fully saturated rings. The van der Waals surface area contributed by atoms with Gasteiger partial charge in [0.2, 0.25) is 21.8 Å². The van der Waals surface area contributed by atoms with Gasteiger partial charge in [0.05, 0.1) is 10.6 Å². The molecule has 0 aliphatic carbocycles. The molecule has 11 nitrogen and oxygen atoms in total. The number of carbonyl (C=O) groups is 3. The highest BCUT2D eigenvalue weighted by atomic mass is 32.2. The molecule has 0 saturated carbocycles. The SMILES string of the molecule is CC(=O)Nc1ccc(S(=O)(=O)NCCC(=O)NNC(=O)c2cc(-c3ccccc3)n[nH]2)cc1. The Morgan fingerprint density at radius 1 is 0.970 bits per heavy atom. The predicted octanol–water partition coefficient (Wildman–Crippen LogP) is 1.16. The van der Waals surface area contributed by atoms with Crippen molar-refractivity contribution in [2.24, 2.45) is 0 Å². The van der Waals surface area contributed by atoms with Crippen molar-refractivity contribution < 1.29 is 22.8 Å². The lowest BCUT2D eigenvalue weighted by Crippen LogP contribution is -2.43. The molecule has 3 amide bonds. The maximum Gasteiger partial charge on any atom is 0.287 e. The normalized spacial score (nSPS) is 10.9. The Bertz CT molecular complexity index is 1240. The summed E-state index contributed by atoms with van der Waals surface area (Å²) in [5.41, 5.74) is 6.48. The van der Waals surface area contributed by atoms with E-state index in [1.54, 1.807) is 6.07 Å². The minimum absolute atomic E-state index is 0.0150. The van der Waals surface area contributed by atoms with Crippen LogP contribution >= 0.6 is 0 Å². The Morgan fingerprint density at radius 3 is 2.33 bits per heavy atom. The number of hydrogen-bond donors (Lipinski definition) is 5. The minimum atomic E-state index is -3.84. The van der Waals surface area contributed by atoms with Gasteiger partial charge in [-0.05, 0) is 30.3 Å². The number of hydrogen-bond acceptors (Lipinski definition) is 6. The highest BCUT2D eigenvalue weighted by Gasteiger charge is 2.15. The van der Waals surface area contributed by atoms with Crippen molar-refractivity contribution in [3.8, 4) is 11.3 Å². The van der Waals surface area contributed by atoms with Crippen molar-refractivity contribution in [3.05, 3.63) is 66.4 Å². The van der Waals surface area contributed by atoms with E-state index in [1.165, 1.54) is 31.2 Å². The fourth-order valence-corrected chi connectivity index (χ4v) is 3.79. The number of hydrazine groups is 1. The molecule has 0 spiro atoms. The number of anilines is 1. The van der Waals surface area contributed by atoms with Crippen LogP contribution in [0.15, 0.2) is 65.6 Å². The predicted molar refractivity (Wildman–Crippen MR) is 120 cm³/mol. The first-order valence-electron chi connectivity index (χ1n) is 9.82. The van der Waals surface area contributed by atoms with Gasteiger partial charge in [-0.15, -0.1) is 0 Å². The Morgan fingerprint density at radius 2 is 1.67 bits per heavy atom. The third kappa shape index (κ3) is 6.72. The fourth-order valence-electron chi connectivity index (χ4n) is 2.75. The molecule has 0 atom stereocenters. The van der Waals surface area contributed by atoms with E-state index >= 15 is 0 Å². The molecule has 0 radical (unpaired) electrons. The van der Waals surface area contributed by atoms with Crippen molar-refractivity contribution in [2.75, 3.05) is 11.9 Å². The van der Waals surface area contributed by atoms with Crippen molar-refractivity contribution in [1.82, 2.24) is 25.8 Å². The van der Waals surface area contributed by atoms with E-state index in [9.17, 15) is 22.8 Å². The standard InChI is InChI=1S/C21H22N6O5S/c1-14(28)23-16-7-9-17(10-8-16)33(31,32)22-12-11-20(29)26-27-21(30)19-13-18(24-25-19)15-5-3-2-4-6-15/h2-10,13,22H,11-12H2,1H3,(H,23,28)(H,24,25)(H,26,29)(H,27,30). The maximum absolute atomic E-state index is 12.3. The summed E-state index contributed by atoms with van der Waals surface area (Å²) in [6.45, 7) is 1.16. The first kappa shape index (κ1) is 23.6. The molecular formula is C21H22N6O5S. The first-order valence-corrected chi connectivity index (χ1v) is 11.3. The Balaban J connectivity index is 1.44. The zero-order chi connectivity index (χ0) is 23.8. The van der Waals surface area contributed by atoms with Crippen molar-refractivity contribution in [3.63, 3.8) is 0 Å². The van der Waals surface area contributed by atoms with Crippen LogP contribution in [-0.4, -0.2) is 42.9 Å². The van der Waals surface area contributed by atoms with Crippen LogP contribution in [0.3, 0.4) is 0 Å². The number of rotatable bonds is 8. The molecule has 1 heterocycles. The van der Waals surface area contributed by atoms with Crippen LogP contribution in [0.2, 0.25) is 0 Å². The number of sulfonamides is 1. The van der Waals surface area contributed by atoms with Crippen LogP contribution in [-0.2, 0) is 19.6 Å². The van der Waals surface area contributed by atoms with Gasteiger partial charge in [0.1, 0.15) is 5.69 Å². The maximum atomic E-state index is 12.3. The van der Waals surface area contributed by atoms with Gasteiger partial charge in [-0.2, -0.15) is 5.10 Å². The topological polar surface area (TPSA) is 162 Å². The average molecular weight is 471 g/mol. The van der Waals surface area contributed by atoms with E-state index < -0.39 is 21.8 Å². The summed E-state index contributed by atoms with van der Waals surface area (Å²) in [6.07, 6.45) is -0.207. The molecule has 3 aromatic rings. The van der Waals surface area contributed by atoms with Gasteiger partial charge in [-0.25, -0.2) is 13.1 Å². The summed E-state index contributed by atoms with van der Waals surface area (Å²) in [6, 6.07) is 16.4. The number of H-pyrrole nitrogens is 1. The molecule has 172 valence electrons. The summed E-state index contributed by atoms with van der Waals surface area (Å²) in [5.74, 6) is -1.46. The third-order valence-corrected chi connectivity index (χ3v) is 5.81. The lowest BCUT2D eigenvalue weighted by atomic mass is 10.1. The monoisotopic (exact) mass is 470 g/mol. The van der Waals surface area contributed by atoms with Gasteiger partial charge < -0.3 is 5.32 Å². The van der Waals surface area contributed by atoms with Gasteiger partial charge in [0, 0.05) is 31.1 Å². The van der Waals surface area contributed by atoms with Crippen LogP contribution in [0.25, 0.3) is 11.3 Å². The molecule has 2 aromatic carbocycles. The zero-order valence-corrected chi connectivity index (χ0v) is 18.4. The van der Waals surface area contributed by atoms with E-state index in [2.05, 4.69) is 31.1 Å². The van der Waals surface area contributed by atoms with Crippen LogP contribution in [0.4, 0.5) is 5.69 Å². The summed E-state index contributed by atoms with van der Waals surface area (Å²) >= 11 is 0. The number of aromatic nitrogens is 2. The van der Waals surface area contributed by atoms with Crippen molar-refractivity contribution >= 4 is 33.4 Å². The van der Waals surface area contributed by atoms with E-state index in [0.717, 1.165) is 5.56 Å². The largest absolute Gasteiger partial charge is 0.326 e. The van der Waals surface area contributed by atoms with Gasteiger partial charge >= 0.3 is 0 Å². The van der Waals surface area contributed by atoms with E-state index in [0.29, 0.717) is 11.4 Å². The number of carbonyl (C=O) groups excluding carboxylic acids is 3. The molecule has 5 N–H and O–H groups in total. The van der Waals surface area contributed by atoms with E-state index in [-0.39, 0.29) is 29.5 Å². The van der Waals surface area contributed by atoms with Crippen LogP contribution in [0, 0.1) is 0 Å². The van der Waals surface area contributed by atoms with Gasteiger partial charge in [0.15, 0.2) is 0 Å². The zero-order valence-electron chi connectivity index (χ0n) is 17.6.